The van der Waals surface area contributed by atoms with Gasteiger partial charge in [-0.1, -0.05) is 0 Å². The Labute approximate surface area is 144 Å². The fourth-order valence-electron chi connectivity index (χ4n) is 3.70. The SMILES string of the molecule is Cc1nc(C2CCNCC2)c2[nH]c(-c3cc(F)cc(F)c3)c(C)c2n1. The van der Waals surface area contributed by atoms with Crippen LogP contribution in [0.1, 0.15) is 35.8 Å². The van der Waals surface area contributed by atoms with E-state index in [1.807, 2.05) is 13.8 Å². The zero-order valence-electron chi connectivity index (χ0n) is 14.3. The van der Waals surface area contributed by atoms with E-state index in [1.54, 1.807) is 0 Å². The molecular formula is C19H20F2N4. The largest absolute Gasteiger partial charge is 0.351 e. The van der Waals surface area contributed by atoms with Gasteiger partial charge in [-0.25, -0.2) is 18.7 Å². The summed E-state index contributed by atoms with van der Waals surface area (Å²) in [6.45, 7) is 5.75. The monoisotopic (exact) mass is 342 g/mol. The number of rotatable bonds is 2. The number of aryl methyl sites for hydroxylation is 2. The Kier molecular flexibility index (Phi) is 4.00. The maximum absolute atomic E-state index is 13.6. The normalized spacial score (nSPS) is 15.8. The number of fused-ring (bicyclic) bond motifs is 1. The van der Waals surface area contributed by atoms with Crippen LogP contribution in [0.5, 0.6) is 0 Å². The van der Waals surface area contributed by atoms with Crippen molar-refractivity contribution in [3.05, 3.63) is 46.9 Å². The van der Waals surface area contributed by atoms with Crippen molar-refractivity contribution < 1.29 is 8.78 Å². The van der Waals surface area contributed by atoms with E-state index >= 15 is 0 Å². The molecule has 1 aliphatic heterocycles. The van der Waals surface area contributed by atoms with E-state index in [-0.39, 0.29) is 0 Å². The minimum absolute atomic E-state index is 0.362. The van der Waals surface area contributed by atoms with Crippen molar-refractivity contribution in [1.82, 2.24) is 20.3 Å². The number of H-pyrrole nitrogens is 1. The quantitative estimate of drug-likeness (QED) is 0.740. The molecule has 1 aliphatic rings. The molecule has 1 aromatic carbocycles. The zero-order chi connectivity index (χ0) is 17.6. The first-order chi connectivity index (χ1) is 12.0. The van der Waals surface area contributed by atoms with Crippen molar-refractivity contribution in [2.75, 3.05) is 13.1 Å². The second-order valence-electron chi connectivity index (χ2n) is 6.69. The Hall–Kier alpha value is -2.34. The predicted octanol–water partition coefficient (Wildman–Crippen LogP) is 3.99. The topological polar surface area (TPSA) is 53.6 Å². The Morgan fingerprint density at radius 2 is 1.68 bits per heavy atom. The van der Waals surface area contributed by atoms with Crippen LogP contribution < -0.4 is 5.32 Å². The third kappa shape index (κ3) is 2.91. The molecule has 3 heterocycles. The number of nitrogens with one attached hydrogen (secondary N) is 2. The van der Waals surface area contributed by atoms with Gasteiger partial charge in [-0.15, -0.1) is 0 Å². The molecule has 0 atom stereocenters. The number of piperidine rings is 1. The van der Waals surface area contributed by atoms with Crippen molar-refractivity contribution in [3.63, 3.8) is 0 Å². The minimum Gasteiger partial charge on any atom is -0.351 e. The number of benzene rings is 1. The molecule has 130 valence electrons. The molecule has 0 unspecified atom stereocenters. The number of aromatic nitrogens is 3. The smallest absolute Gasteiger partial charge is 0.126 e. The molecule has 1 saturated heterocycles. The van der Waals surface area contributed by atoms with Crippen LogP contribution in [-0.2, 0) is 0 Å². The Bertz CT molecular complexity index is 922. The lowest BCUT2D eigenvalue weighted by atomic mass is 9.93. The van der Waals surface area contributed by atoms with Crippen molar-refractivity contribution >= 4 is 11.0 Å². The summed E-state index contributed by atoms with van der Waals surface area (Å²) in [7, 11) is 0. The predicted molar refractivity (Wildman–Crippen MR) is 93.6 cm³/mol. The van der Waals surface area contributed by atoms with Crippen LogP contribution in [0.2, 0.25) is 0 Å². The maximum atomic E-state index is 13.6. The number of hydrogen-bond acceptors (Lipinski definition) is 3. The Morgan fingerprint density at radius 3 is 2.36 bits per heavy atom. The van der Waals surface area contributed by atoms with Gasteiger partial charge in [-0.3, -0.25) is 0 Å². The van der Waals surface area contributed by atoms with Crippen LogP contribution in [0.4, 0.5) is 8.78 Å². The highest BCUT2D eigenvalue weighted by Crippen LogP contribution is 2.35. The van der Waals surface area contributed by atoms with E-state index in [1.165, 1.54) is 12.1 Å². The highest BCUT2D eigenvalue weighted by molar-refractivity contribution is 5.89. The lowest BCUT2D eigenvalue weighted by molar-refractivity contribution is 0.454. The molecule has 2 aromatic heterocycles. The molecule has 4 nitrogen and oxygen atoms in total. The second kappa shape index (κ2) is 6.19. The van der Waals surface area contributed by atoms with E-state index in [2.05, 4.69) is 20.3 Å². The molecule has 4 rings (SSSR count). The minimum atomic E-state index is -0.589. The highest BCUT2D eigenvalue weighted by Gasteiger charge is 2.23. The zero-order valence-corrected chi connectivity index (χ0v) is 14.3. The number of hydrogen-bond donors (Lipinski definition) is 2. The van der Waals surface area contributed by atoms with E-state index in [0.29, 0.717) is 17.2 Å². The van der Waals surface area contributed by atoms with Crippen LogP contribution in [0.3, 0.4) is 0 Å². The average molecular weight is 342 g/mol. The van der Waals surface area contributed by atoms with E-state index in [0.717, 1.165) is 60.1 Å². The first kappa shape index (κ1) is 16.1. The standard InChI is InChI=1S/C19H20F2N4/c1-10-16(13-7-14(20)9-15(21)8-13)25-19-17(10)23-11(2)24-18(19)12-3-5-22-6-4-12/h7-9,12,22,25H,3-6H2,1-2H3. The fraction of sp³-hybridized carbons (Fsp3) is 0.368. The Balaban J connectivity index is 1.91. The molecule has 0 aliphatic carbocycles. The van der Waals surface area contributed by atoms with Gasteiger partial charge in [-0.05, 0) is 51.9 Å². The summed E-state index contributed by atoms with van der Waals surface area (Å²) in [5, 5.41) is 3.37. The first-order valence-corrected chi connectivity index (χ1v) is 8.57. The third-order valence-corrected chi connectivity index (χ3v) is 4.91. The van der Waals surface area contributed by atoms with E-state index < -0.39 is 11.6 Å². The van der Waals surface area contributed by atoms with Gasteiger partial charge in [0.15, 0.2) is 0 Å². The van der Waals surface area contributed by atoms with Gasteiger partial charge in [0.2, 0.25) is 0 Å². The molecule has 0 saturated carbocycles. The average Bonchev–Trinajstić information content (AvgIpc) is 2.91. The van der Waals surface area contributed by atoms with Crippen LogP contribution >= 0.6 is 0 Å². The number of aromatic amines is 1. The van der Waals surface area contributed by atoms with Crippen LogP contribution in [0.15, 0.2) is 18.2 Å². The molecule has 25 heavy (non-hydrogen) atoms. The molecule has 2 N–H and O–H groups in total. The van der Waals surface area contributed by atoms with E-state index in [4.69, 9.17) is 0 Å². The summed E-state index contributed by atoms with van der Waals surface area (Å²) in [5.41, 5.74) is 4.80. The summed E-state index contributed by atoms with van der Waals surface area (Å²) in [5.74, 6) is -0.0940. The summed E-state index contributed by atoms with van der Waals surface area (Å²) in [4.78, 5) is 12.6. The van der Waals surface area contributed by atoms with Gasteiger partial charge in [0.25, 0.3) is 0 Å². The van der Waals surface area contributed by atoms with E-state index in [9.17, 15) is 8.78 Å². The lowest BCUT2D eigenvalue weighted by Gasteiger charge is -2.22. The Morgan fingerprint density at radius 1 is 1.00 bits per heavy atom. The molecule has 1 fully saturated rings. The van der Waals surface area contributed by atoms with Crippen molar-refractivity contribution in [2.45, 2.75) is 32.6 Å². The fourth-order valence-corrected chi connectivity index (χ4v) is 3.70. The maximum Gasteiger partial charge on any atom is 0.126 e. The molecule has 6 heteroatoms. The molecular weight excluding hydrogens is 322 g/mol. The molecule has 3 aromatic rings. The third-order valence-electron chi connectivity index (χ3n) is 4.91. The van der Waals surface area contributed by atoms with Gasteiger partial charge in [0.05, 0.1) is 22.4 Å². The van der Waals surface area contributed by atoms with Gasteiger partial charge >= 0.3 is 0 Å². The van der Waals surface area contributed by atoms with Gasteiger partial charge in [0, 0.05) is 23.1 Å². The summed E-state index contributed by atoms with van der Waals surface area (Å²) in [6.07, 6.45) is 2.04. The summed E-state index contributed by atoms with van der Waals surface area (Å²) >= 11 is 0. The molecule has 0 radical (unpaired) electrons. The summed E-state index contributed by atoms with van der Waals surface area (Å²) < 4.78 is 27.3. The lowest BCUT2D eigenvalue weighted by Crippen LogP contribution is -2.27. The van der Waals surface area contributed by atoms with Crippen molar-refractivity contribution in [3.8, 4) is 11.3 Å². The number of nitrogens with zero attached hydrogens (tertiary/aromatic N) is 2. The molecule has 0 amide bonds. The summed E-state index contributed by atoms with van der Waals surface area (Å²) in [6, 6.07) is 3.56. The van der Waals surface area contributed by atoms with Gasteiger partial charge in [0.1, 0.15) is 17.5 Å². The second-order valence-corrected chi connectivity index (χ2v) is 6.69. The number of halogens is 2. The van der Waals surface area contributed by atoms with Gasteiger partial charge < -0.3 is 10.3 Å². The van der Waals surface area contributed by atoms with Crippen LogP contribution in [0.25, 0.3) is 22.3 Å². The van der Waals surface area contributed by atoms with Crippen LogP contribution in [0, 0.1) is 25.5 Å². The molecule has 0 bridgehead atoms. The van der Waals surface area contributed by atoms with Crippen molar-refractivity contribution in [1.29, 1.82) is 0 Å². The molecule has 0 spiro atoms. The first-order valence-electron chi connectivity index (χ1n) is 8.57. The van der Waals surface area contributed by atoms with Crippen LogP contribution in [-0.4, -0.2) is 28.0 Å². The highest BCUT2D eigenvalue weighted by atomic mass is 19.1. The van der Waals surface area contributed by atoms with Crippen molar-refractivity contribution in [2.24, 2.45) is 0 Å². The van der Waals surface area contributed by atoms with Gasteiger partial charge in [-0.2, -0.15) is 0 Å².